The van der Waals surface area contributed by atoms with Gasteiger partial charge >= 0.3 is 5.97 Å². The van der Waals surface area contributed by atoms with Crippen LogP contribution in [0.15, 0.2) is 18.2 Å². The fraction of sp³-hybridized carbons (Fsp3) is 0.474. The van der Waals surface area contributed by atoms with E-state index in [-0.39, 0.29) is 52.8 Å². The van der Waals surface area contributed by atoms with Gasteiger partial charge in [0.1, 0.15) is 41.5 Å². The summed E-state index contributed by atoms with van der Waals surface area (Å²) in [6.07, 6.45) is 2.36. The lowest BCUT2D eigenvalue weighted by Gasteiger charge is -2.16. The highest BCUT2D eigenvalue weighted by Crippen LogP contribution is 2.42. The maximum atomic E-state index is 12.6. The number of halogens is 1. The number of carbonyl (C=O) groups excluding carboxylic acids is 2. The highest BCUT2D eigenvalue weighted by molar-refractivity contribution is 6.33. The highest BCUT2D eigenvalue weighted by atomic mass is 35.5. The summed E-state index contributed by atoms with van der Waals surface area (Å²) < 4.78 is 16.5. The first-order chi connectivity index (χ1) is 13.3. The number of hydrogen-bond acceptors (Lipinski definition) is 8. The third-order valence-corrected chi connectivity index (χ3v) is 5.15. The molecule has 3 aliphatic heterocycles. The lowest BCUT2D eigenvalue weighted by Crippen LogP contribution is -2.20. The molecule has 0 aliphatic carbocycles. The van der Waals surface area contributed by atoms with Gasteiger partial charge in [-0.25, -0.2) is 4.79 Å². The van der Waals surface area contributed by atoms with Crippen molar-refractivity contribution in [2.75, 3.05) is 7.11 Å². The lowest BCUT2D eigenvalue weighted by molar-refractivity contribution is -0.114. The van der Waals surface area contributed by atoms with Crippen LogP contribution in [0.1, 0.15) is 29.3 Å². The summed E-state index contributed by atoms with van der Waals surface area (Å²) in [4.78, 5) is 24.8. The summed E-state index contributed by atoms with van der Waals surface area (Å²) in [7, 11) is 1.00. The largest absolute Gasteiger partial charge is 0.507 e. The molecule has 152 valence electrons. The Bertz CT molecular complexity index is 821. The summed E-state index contributed by atoms with van der Waals surface area (Å²) in [5.74, 6) is -2.06. The molecule has 1 aromatic carbocycles. The van der Waals surface area contributed by atoms with Crippen LogP contribution < -0.4 is 0 Å². The van der Waals surface area contributed by atoms with E-state index in [1.54, 1.807) is 13.0 Å². The number of carbonyl (C=O) groups is 2. The second-order valence-electron chi connectivity index (χ2n) is 6.74. The number of cyclic esters (lactones) is 1. The first-order valence-electron chi connectivity index (χ1n) is 8.76. The van der Waals surface area contributed by atoms with Crippen LogP contribution in [-0.4, -0.2) is 64.7 Å². The molecule has 28 heavy (non-hydrogen) atoms. The van der Waals surface area contributed by atoms with Crippen LogP contribution in [0.25, 0.3) is 0 Å². The summed E-state index contributed by atoms with van der Waals surface area (Å²) >= 11 is 6.08. The first kappa shape index (κ1) is 20.6. The third-order valence-electron chi connectivity index (χ3n) is 4.73. The van der Waals surface area contributed by atoms with Crippen molar-refractivity contribution in [1.29, 1.82) is 0 Å². The number of aromatic hydroxyl groups is 2. The number of benzene rings is 1. The molecule has 9 heteroatoms. The number of rotatable bonds is 0. The predicted molar refractivity (Wildman–Crippen MR) is 97.6 cm³/mol. The molecule has 0 unspecified atom stereocenters. The molecule has 3 aliphatic rings. The quantitative estimate of drug-likeness (QED) is 0.432. The van der Waals surface area contributed by atoms with E-state index in [9.17, 15) is 19.8 Å². The van der Waals surface area contributed by atoms with Gasteiger partial charge in [0.15, 0.2) is 5.78 Å². The van der Waals surface area contributed by atoms with Gasteiger partial charge in [0.2, 0.25) is 0 Å². The van der Waals surface area contributed by atoms with Gasteiger partial charge in [-0.2, -0.15) is 0 Å². The molecule has 0 spiro atoms. The smallest absolute Gasteiger partial charge is 0.342 e. The summed E-state index contributed by atoms with van der Waals surface area (Å²) in [5.41, 5.74) is -0.186. The van der Waals surface area contributed by atoms with E-state index in [1.807, 2.05) is 0 Å². The van der Waals surface area contributed by atoms with Gasteiger partial charge in [-0.1, -0.05) is 11.6 Å². The van der Waals surface area contributed by atoms with Crippen LogP contribution in [0.3, 0.4) is 0 Å². The van der Waals surface area contributed by atoms with Crippen LogP contribution >= 0.6 is 11.6 Å². The van der Waals surface area contributed by atoms with Gasteiger partial charge in [-0.15, -0.1) is 0 Å². The lowest BCUT2D eigenvalue weighted by atomic mass is 9.99. The zero-order valence-electron chi connectivity index (χ0n) is 15.3. The minimum atomic E-state index is -0.807. The normalized spacial score (nSPS) is 32.4. The fourth-order valence-electron chi connectivity index (χ4n) is 3.32. The second kappa shape index (κ2) is 8.08. The van der Waals surface area contributed by atoms with E-state index >= 15 is 0 Å². The predicted octanol–water partition coefficient (Wildman–Crippen LogP) is 1.51. The Labute approximate surface area is 166 Å². The van der Waals surface area contributed by atoms with Crippen molar-refractivity contribution in [3.8, 4) is 11.5 Å². The molecule has 3 heterocycles. The van der Waals surface area contributed by atoms with Gasteiger partial charge in [-0.05, 0) is 19.1 Å². The molecule has 5 atom stereocenters. The fourth-order valence-corrected chi connectivity index (χ4v) is 3.54. The third kappa shape index (κ3) is 4.15. The zero-order chi connectivity index (χ0) is 20.6. The standard InChI is InChI=1S/C18H17ClO7.CH4O/c1-7-4-13-17(26-13)16-12(25-16)3-2-8(20)5-9-14(18(23)24-7)10(21)6-11(22)15(9)19;1-2/h2-3,6-7,12-13,16-17,21-22H,4-5H2,1H3;2H,1H3/b3-2+;/t7-,12-,13-,16-,17+;/m1./s1. The number of epoxide rings is 2. The van der Waals surface area contributed by atoms with Crippen molar-refractivity contribution in [2.24, 2.45) is 0 Å². The summed E-state index contributed by atoms with van der Waals surface area (Å²) in [6.45, 7) is 1.72. The molecule has 0 saturated carbocycles. The Hall–Kier alpha value is -2.13. The maximum absolute atomic E-state index is 12.6. The molecule has 4 rings (SSSR count). The zero-order valence-corrected chi connectivity index (χ0v) is 16.0. The van der Waals surface area contributed by atoms with Gasteiger partial charge in [0.25, 0.3) is 0 Å². The van der Waals surface area contributed by atoms with E-state index in [0.717, 1.165) is 13.2 Å². The molecule has 1 aromatic rings. The molecule has 2 fully saturated rings. The average molecular weight is 413 g/mol. The number of fused-ring (bicyclic) bond motifs is 4. The Kier molecular flexibility index (Phi) is 5.95. The molecule has 0 amide bonds. The topological polar surface area (TPSA) is 129 Å². The molecule has 0 bridgehead atoms. The van der Waals surface area contributed by atoms with E-state index in [1.165, 1.54) is 6.08 Å². The Morgan fingerprint density at radius 3 is 2.54 bits per heavy atom. The van der Waals surface area contributed by atoms with Gasteiger partial charge in [0.05, 0.1) is 11.1 Å². The van der Waals surface area contributed by atoms with Crippen molar-refractivity contribution < 1.29 is 39.1 Å². The molecule has 0 aromatic heterocycles. The van der Waals surface area contributed by atoms with Crippen LogP contribution in [0.4, 0.5) is 0 Å². The van der Waals surface area contributed by atoms with Gasteiger partial charge in [-0.3, -0.25) is 4.79 Å². The van der Waals surface area contributed by atoms with E-state index < -0.39 is 23.6 Å². The average Bonchev–Trinajstić information content (AvgIpc) is 3.54. The second-order valence-corrected chi connectivity index (χ2v) is 7.12. The first-order valence-corrected chi connectivity index (χ1v) is 9.14. The Morgan fingerprint density at radius 1 is 1.11 bits per heavy atom. The molecule has 2 saturated heterocycles. The molecular formula is C19H21ClO8. The Balaban J connectivity index is 0.00000109. The van der Waals surface area contributed by atoms with Crippen molar-refractivity contribution in [3.05, 3.63) is 34.4 Å². The number of hydrogen-bond donors (Lipinski definition) is 3. The van der Waals surface area contributed by atoms with Gasteiger partial charge in [0, 0.05) is 31.6 Å². The number of esters is 1. The number of ether oxygens (including phenoxy) is 3. The van der Waals surface area contributed by atoms with Crippen molar-refractivity contribution in [2.45, 2.75) is 50.3 Å². The van der Waals surface area contributed by atoms with E-state index in [4.69, 9.17) is 30.9 Å². The number of phenolic OH excluding ortho intramolecular Hbond substituents is 2. The van der Waals surface area contributed by atoms with Crippen LogP contribution in [0.2, 0.25) is 5.02 Å². The number of phenols is 2. The SMILES string of the molecule is CO.C[C@@H]1C[C@H]2O[C@@H]2[C@@H]2O[C@@H]2/C=C/C(=O)Cc2c(Cl)c(O)cc(O)c2C(=O)O1. The number of aliphatic hydroxyl groups excluding tert-OH is 1. The number of allylic oxidation sites excluding steroid dienone is 1. The van der Waals surface area contributed by atoms with Crippen LogP contribution in [0, 0.1) is 0 Å². The minimum Gasteiger partial charge on any atom is -0.507 e. The van der Waals surface area contributed by atoms with E-state index in [2.05, 4.69) is 0 Å². The number of aliphatic hydroxyl groups is 1. The van der Waals surface area contributed by atoms with Crippen LogP contribution in [0.5, 0.6) is 11.5 Å². The van der Waals surface area contributed by atoms with Crippen molar-refractivity contribution in [1.82, 2.24) is 0 Å². The van der Waals surface area contributed by atoms with Crippen molar-refractivity contribution >= 4 is 23.4 Å². The highest BCUT2D eigenvalue weighted by Gasteiger charge is 2.56. The number of ketones is 1. The maximum Gasteiger partial charge on any atom is 0.342 e. The van der Waals surface area contributed by atoms with Crippen LogP contribution in [-0.2, 0) is 25.4 Å². The van der Waals surface area contributed by atoms with E-state index in [0.29, 0.717) is 6.42 Å². The molecular weight excluding hydrogens is 392 g/mol. The van der Waals surface area contributed by atoms with Gasteiger partial charge < -0.3 is 29.5 Å². The monoisotopic (exact) mass is 412 g/mol. The molecule has 3 N–H and O–H groups in total. The minimum absolute atomic E-state index is 0.0295. The summed E-state index contributed by atoms with van der Waals surface area (Å²) in [5, 5.41) is 26.8. The summed E-state index contributed by atoms with van der Waals surface area (Å²) in [6, 6.07) is 0.958. The molecule has 0 radical (unpaired) electrons. The van der Waals surface area contributed by atoms with Crippen molar-refractivity contribution in [3.63, 3.8) is 0 Å². The molecule has 8 nitrogen and oxygen atoms in total. The Morgan fingerprint density at radius 2 is 1.82 bits per heavy atom.